The zero-order valence-corrected chi connectivity index (χ0v) is 19.6. The van der Waals surface area contributed by atoms with Crippen molar-refractivity contribution in [3.8, 4) is 0 Å². The van der Waals surface area contributed by atoms with Crippen molar-refractivity contribution in [3.05, 3.63) is 59.2 Å². The van der Waals surface area contributed by atoms with Crippen molar-refractivity contribution >= 4 is 34.5 Å². The third-order valence-electron chi connectivity index (χ3n) is 6.18. The topological polar surface area (TPSA) is 61.2 Å². The van der Waals surface area contributed by atoms with Gasteiger partial charge in [-0.25, -0.2) is 9.78 Å². The van der Waals surface area contributed by atoms with Crippen LogP contribution in [0.2, 0.25) is 0 Å². The maximum Gasteiger partial charge on any atom is 0.338 e. The van der Waals surface area contributed by atoms with Gasteiger partial charge in [0, 0.05) is 12.1 Å². The van der Waals surface area contributed by atoms with Crippen molar-refractivity contribution in [1.82, 2.24) is 9.55 Å². The van der Waals surface area contributed by atoms with E-state index in [4.69, 9.17) is 9.72 Å². The maximum absolute atomic E-state index is 12.8. The predicted octanol–water partition coefficient (Wildman–Crippen LogP) is 6.26. The first-order valence-corrected chi connectivity index (χ1v) is 12.5. The van der Waals surface area contributed by atoms with Crippen LogP contribution in [-0.2, 0) is 11.3 Å². The lowest BCUT2D eigenvalue weighted by Crippen LogP contribution is -2.07. The Balaban J connectivity index is 1.45. The number of nitrogens with zero attached hydrogens (tertiary/aromatic N) is 2. The average molecular weight is 451 g/mol. The molecule has 1 aliphatic carbocycles. The molecule has 0 amide bonds. The predicted molar refractivity (Wildman–Crippen MR) is 129 cm³/mol. The Morgan fingerprint density at radius 2 is 1.75 bits per heavy atom. The molecule has 32 heavy (non-hydrogen) atoms. The summed E-state index contributed by atoms with van der Waals surface area (Å²) in [6, 6.07) is 13.6. The van der Waals surface area contributed by atoms with Gasteiger partial charge in [0.1, 0.15) is 0 Å². The van der Waals surface area contributed by atoms with E-state index in [1.165, 1.54) is 49.4 Å². The van der Waals surface area contributed by atoms with Crippen molar-refractivity contribution in [2.24, 2.45) is 0 Å². The molecule has 1 heterocycles. The highest BCUT2D eigenvalue weighted by atomic mass is 32.2. The molecule has 6 heteroatoms. The van der Waals surface area contributed by atoms with E-state index in [0.29, 0.717) is 23.8 Å². The molecule has 0 N–H and O–H groups in total. The van der Waals surface area contributed by atoms with E-state index in [9.17, 15) is 9.59 Å². The van der Waals surface area contributed by atoms with E-state index in [1.807, 2.05) is 18.2 Å². The number of fused-ring (bicyclic) bond motifs is 1. The largest absolute Gasteiger partial charge is 0.462 e. The Morgan fingerprint density at radius 1 is 1.03 bits per heavy atom. The van der Waals surface area contributed by atoms with Gasteiger partial charge in [0.25, 0.3) is 0 Å². The van der Waals surface area contributed by atoms with E-state index in [2.05, 4.69) is 23.6 Å². The number of carbonyl (C=O) groups excluding carboxylic acids is 2. The molecule has 0 saturated heterocycles. The Kier molecular flexibility index (Phi) is 7.30. The number of hydrogen-bond donors (Lipinski definition) is 0. The third kappa shape index (κ3) is 4.90. The van der Waals surface area contributed by atoms with Crippen LogP contribution in [0.4, 0.5) is 0 Å². The van der Waals surface area contributed by atoms with Crippen molar-refractivity contribution in [3.63, 3.8) is 0 Å². The number of aryl methyl sites for hydroxylation is 1. The van der Waals surface area contributed by atoms with Crippen LogP contribution in [-0.4, -0.2) is 33.7 Å². The molecule has 0 unspecified atom stereocenters. The summed E-state index contributed by atoms with van der Waals surface area (Å²) in [6.45, 7) is 4.92. The number of ether oxygens (including phenoxy) is 1. The van der Waals surface area contributed by atoms with Crippen LogP contribution >= 0.6 is 11.8 Å². The lowest BCUT2D eigenvalue weighted by atomic mass is 9.84. The second kappa shape index (κ2) is 10.3. The fourth-order valence-electron chi connectivity index (χ4n) is 4.46. The Bertz CT molecular complexity index is 1100. The Hall–Kier alpha value is -2.60. The fraction of sp³-hybridized carbons (Fsp3) is 0.423. The number of thioether (sulfide) groups is 1. The molecule has 0 bridgehead atoms. The van der Waals surface area contributed by atoms with Gasteiger partial charge < -0.3 is 9.30 Å². The molecule has 0 aliphatic heterocycles. The summed E-state index contributed by atoms with van der Waals surface area (Å²) in [7, 11) is 0. The van der Waals surface area contributed by atoms with Gasteiger partial charge in [0.05, 0.1) is 29.0 Å². The maximum atomic E-state index is 12.8. The van der Waals surface area contributed by atoms with E-state index >= 15 is 0 Å². The number of esters is 1. The highest BCUT2D eigenvalue weighted by molar-refractivity contribution is 7.99. The van der Waals surface area contributed by atoms with E-state index in [0.717, 1.165) is 28.3 Å². The number of rotatable bonds is 8. The molecule has 168 valence electrons. The van der Waals surface area contributed by atoms with Crippen molar-refractivity contribution < 1.29 is 14.3 Å². The molecular formula is C26H30N2O3S. The molecule has 4 rings (SSSR count). The average Bonchev–Trinajstić information content (AvgIpc) is 3.20. The van der Waals surface area contributed by atoms with Crippen LogP contribution in [0.1, 0.15) is 78.1 Å². The zero-order chi connectivity index (χ0) is 22.5. The van der Waals surface area contributed by atoms with Gasteiger partial charge >= 0.3 is 5.97 Å². The van der Waals surface area contributed by atoms with Crippen LogP contribution < -0.4 is 0 Å². The van der Waals surface area contributed by atoms with Crippen molar-refractivity contribution in [2.75, 3.05) is 12.4 Å². The minimum Gasteiger partial charge on any atom is -0.462 e. The number of carbonyl (C=O) groups is 2. The number of Topliss-reactive ketones (excluding diaryl/α,β-unsaturated/α-hetero) is 1. The first kappa shape index (κ1) is 22.6. The van der Waals surface area contributed by atoms with E-state index in [-0.39, 0.29) is 11.8 Å². The van der Waals surface area contributed by atoms with Crippen LogP contribution in [0, 0.1) is 0 Å². The minimum absolute atomic E-state index is 0.104. The molecular weight excluding hydrogens is 420 g/mol. The highest BCUT2D eigenvalue weighted by Gasteiger charge is 2.18. The molecule has 0 radical (unpaired) electrons. The Morgan fingerprint density at radius 3 is 2.44 bits per heavy atom. The van der Waals surface area contributed by atoms with Crippen LogP contribution in [0.25, 0.3) is 11.0 Å². The first-order chi connectivity index (χ1) is 15.6. The smallest absolute Gasteiger partial charge is 0.338 e. The van der Waals surface area contributed by atoms with Crippen LogP contribution in [0.5, 0.6) is 0 Å². The summed E-state index contributed by atoms with van der Waals surface area (Å²) in [4.78, 5) is 29.5. The number of aromatic nitrogens is 2. The van der Waals surface area contributed by atoms with E-state index < -0.39 is 0 Å². The summed E-state index contributed by atoms with van der Waals surface area (Å²) in [5.41, 5.74) is 4.29. The number of ketones is 1. The number of benzene rings is 2. The zero-order valence-electron chi connectivity index (χ0n) is 18.8. The normalized spacial score (nSPS) is 14.6. The monoisotopic (exact) mass is 450 g/mol. The summed E-state index contributed by atoms with van der Waals surface area (Å²) < 4.78 is 7.17. The molecule has 1 fully saturated rings. The lowest BCUT2D eigenvalue weighted by Gasteiger charge is -2.22. The number of imidazole rings is 1. The third-order valence-corrected chi connectivity index (χ3v) is 7.16. The molecule has 0 spiro atoms. The van der Waals surface area contributed by atoms with Crippen LogP contribution in [0.3, 0.4) is 0 Å². The van der Waals surface area contributed by atoms with Gasteiger partial charge in [-0.1, -0.05) is 55.3 Å². The summed E-state index contributed by atoms with van der Waals surface area (Å²) in [5.74, 6) is 0.733. The molecule has 2 aromatic carbocycles. The van der Waals surface area contributed by atoms with Crippen molar-refractivity contribution in [1.29, 1.82) is 0 Å². The Labute approximate surface area is 193 Å². The second-order valence-corrected chi connectivity index (χ2v) is 9.17. The summed E-state index contributed by atoms with van der Waals surface area (Å²) in [6.07, 6.45) is 6.48. The SMILES string of the molecule is CCOC(=O)c1ccc2c(c1)nc(SCC(=O)c1ccc(C3CCCCC3)cc1)n2CC. The first-order valence-electron chi connectivity index (χ1n) is 11.5. The van der Waals surface area contributed by atoms with Crippen LogP contribution in [0.15, 0.2) is 47.6 Å². The molecule has 5 nitrogen and oxygen atoms in total. The quantitative estimate of drug-likeness (QED) is 0.230. The minimum atomic E-state index is -0.346. The van der Waals surface area contributed by atoms with Gasteiger partial charge in [-0.15, -0.1) is 0 Å². The highest BCUT2D eigenvalue weighted by Crippen LogP contribution is 2.33. The molecule has 1 aromatic heterocycles. The standard InChI is InChI=1S/C26H30N2O3S/c1-3-28-23-15-14-21(25(30)31-4-2)16-22(23)27-26(28)32-17-24(29)20-12-10-19(11-13-20)18-8-6-5-7-9-18/h10-16,18H,3-9,17H2,1-2H3. The number of hydrogen-bond acceptors (Lipinski definition) is 5. The lowest BCUT2D eigenvalue weighted by molar-refractivity contribution is 0.0526. The molecule has 1 aliphatic rings. The summed E-state index contributed by atoms with van der Waals surface area (Å²) in [5, 5.41) is 0.788. The van der Waals surface area contributed by atoms with Gasteiger partial charge in [-0.3, -0.25) is 4.79 Å². The van der Waals surface area contributed by atoms with E-state index in [1.54, 1.807) is 19.1 Å². The second-order valence-electron chi connectivity index (χ2n) is 8.23. The summed E-state index contributed by atoms with van der Waals surface area (Å²) >= 11 is 1.44. The van der Waals surface area contributed by atoms with Gasteiger partial charge in [0.2, 0.25) is 0 Å². The molecule has 3 aromatic rings. The van der Waals surface area contributed by atoms with Gasteiger partial charge in [-0.2, -0.15) is 0 Å². The fourth-order valence-corrected chi connectivity index (χ4v) is 5.43. The van der Waals surface area contributed by atoms with Crippen molar-refractivity contribution in [2.45, 2.75) is 63.6 Å². The van der Waals surface area contributed by atoms with Gasteiger partial charge in [0.15, 0.2) is 10.9 Å². The van der Waals surface area contributed by atoms with Gasteiger partial charge in [-0.05, 0) is 56.4 Å². The molecule has 0 atom stereocenters. The molecule has 1 saturated carbocycles.